The quantitative estimate of drug-likeness (QED) is 0.643. The van der Waals surface area contributed by atoms with Crippen molar-refractivity contribution in [1.82, 2.24) is 14.9 Å². The molecule has 1 unspecified atom stereocenters. The van der Waals surface area contributed by atoms with Crippen molar-refractivity contribution in [2.24, 2.45) is 5.73 Å². The minimum absolute atomic E-state index is 0.164. The number of carbonyl (C=O) groups is 1. The van der Waals surface area contributed by atoms with Crippen LogP contribution in [-0.4, -0.2) is 47.6 Å². The number of H-pyrrole nitrogens is 1. The normalized spacial score (nSPS) is 17.3. The molecule has 29 heavy (non-hydrogen) atoms. The zero-order chi connectivity index (χ0) is 20.2. The van der Waals surface area contributed by atoms with E-state index >= 15 is 0 Å². The predicted molar refractivity (Wildman–Crippen MR) is 111 cm³/mol. The molecule has 7 heteroatoms. The molecule has 2 aromatic heterocycles. The average molecular weight is 394 g/mol. The summed E-state index contributed by atoms with van der Waals surface area (Å²) in [4.78, 5) is 21.3. The molecule has 0 aliphatic carbocycles. The smallest absolute Gasteiger partial charge is 0.255 e. The number of fused-ring (bicyclic) bond motifs is 1. The van der Waals surface area contributed by atoms with Gasteiger partial charge >= 0.3 is 0 Å². The van der Waals surface area contributed by atoms with E-state index < -0.39 is 5.91 Å². The number of amides is 1. The van der Waals surface area contributed by atoms with Crippen LogP contribution >= 0.6 is 0 Å². The molecule has 0 radical (unpaired) electrons. The van der Waals surface area contributed by atoms with Crippen molar-refractivity contribution in [2.45, 2.75) is 25.3 Å². The van der Waals surface area contributed by atoms with Crippen LogP contribution in [-0.2, 0) is 11.3 Å². The van der Waals surface area contributed by atoms with Gasteiger partial charge in [-0.05, 0) is 55.3 Å². The Morgan fingerprint density at radius 1 is 1.31 bits per heavy atom. The molecule has 0 spiro atoms. The van der Waals surface area contributed by atoms with Gasteiger partial charge in [0.2, 0.25) is 0 Å². The van der Waals surface area contributed by atoms with E-state index in [1.807, 2.05) is 30.5 Å². The largest absolute Gasteiger partial charge is 0.493 e. The number of hydrogen-bond acceptors (Lipinski definition) is 5. The molecule has 3 heterocycles. The zero-order valence-electron chi connectivity index (χ0n) is 16.6. The minimum atomic E-state index is -0.511. The maximum atomic E-state index is 10.9. The van der Waals surface area contributed by atoms with Crippen LogP contribution in [0.4, 0.5) is 0 Å². The molecule has 1 amide bonds. The third-order valence-corrected chi connectivity index (χ3v) is 5.36. The van der Waals surface area contributed by atoms with Crippen LogP contribution in [0.5, 0.6) is 11.5 Å². The molecular formula is C22H26N4O3. The van der Waals surface area contributed by atoms with E-state index in [2.05, 4.69) is 27.0 Å². The number of carbonyl (C=O) groups excluding carboxylic acids is 1. The summed E-state index contributed by atoms with van der Waals surface area (Å²) >= 11 is 0. The average Bonchev–Trinajstić information content (AvgIpc) is 3.17. The molecule has 3 aromatic rings. The number of nitrogens with two attached hydrogens (primary N) is 1. The van der Waals surface area contributed by atoms with Crippen LogP contribution in [0.25, 0.3) is 11.0 Å². The van der Waals surface area contributed by atoms with Gasteiger partial charge in [-0.1, -0.05) is 6.07 Å². The highest BCUT2D eigenvalue weighted by atomic mass is 16.5. The van der Waals surface area contributed by atoms with Gasteiger partial charge in [0.1, 0.15) is 5.65 Å². The third-order valence-electron chi connectivity index (χ3n) is 5.36. The first-order valence-electron chi connectivity index (χ1n) is 9.86. The molecule has 1 saturated heterocycles. The van der Waals surface area contributed by atoms with Crippen LogP contribution in [0.1, 0.15) is 30.0 Å². The van der Waals surface area contributed by atoms with E-state index in [9.17, 15) is 4.79 Å². The number of aromatic amines is 1. The molecule has 0 saturated carbocycles. The van der Waals surface area contributed by atoms with Gasteiger partial charge in [0.15, 0.2) is 18.1 Å². The van der Waals surface area contributed by atoms with Crippen molar-refractivity contribution < 1.29 is 14.3 Å². The molecule has 3 N–H and O–H groups in total. The second-order valence-electron chi connectivity index (χ2n) is 7.48. The molecule has 1 atom stereocenters. The number of benzene rings is 1. The molecule has 1 fully saturated rings. The SMILES string of the molecule is COc1cc(CN2CCCC(c3cc4cccnc4[nH]3)C2)ccc1OCC(N)=O. The molecule has 7 nitrogen and oxygen atoms in total. The topological polar surface area (TPSA) is 93.5 Å². The number of primary amides is 1. The summed E-state index contributed by atoms with van der Waals surface area (Å²) in [5.41, 5.74) is 8.51. The lowest BCUT2D eigenvalue weighted by atomic mass is 9.94. The van der Waals surface area contributed by atoms with E-state index in [0.717, 1.165) is 42.7 Å². The number of nitrogens with one attached hydrogen (secondary N) is 1. The summed E-state index contributed by atoms with van der Waals surface area (Å²) in [7, 11) is 1.59. The van der Waals surface area contributed by atoms with Crippen molar-refractivity contribution in [3.8, 4) is 11.5 Å². The molecular weight excluding hydrogens is 368 g/mol. The van der Waals surface area contributed by atoms with Gasteiger partial charge in [-0.3, -0.25) is 9.69 Å². The van der Waals surface area contributed by atoms with Crippen molar-refractivity contribution in [3.05, 3.63) is 53.9 Å². The Kier molecular flexibility index (Phi) is 5.67. The van der Waals surface area contributed by atoms with Gasteiger partial charge in [-0.25, -0.2) is 4.98 Å². The molecule has 4 rings (SSSR count). The number of nitrogens with zero attached hydrogens (tertiary/aromatic N) is 2. The summed E-state index contributed by atoms with van der Waals surface area (Å²) in [6.45, 7) is 2.73. The summed E-state index contributed by atoms with van der Waals surface area (Å²) in [6, 6.07) is 12.1. The van der Waals surface area contributed by atoms with Gasteiger partial charge in [0, 0.05) is 36.3 Å². The highest BCUT2D eigenvalue weighted by Gasteiger charge is 2.23. The van der Waals surface area contributed by atoms with Crippen LogP contribution in [0.15, 0.2) is 42.6 Å². The Hall–Kier alpha value is -3.06. The van der Waals surface area contributed by atoms with Gasteiger partial charge in [0.25, 0.3) is 5.91 Å². The Morgan fingerprint density at radius 3 is 3.00 bits per heavy atom. The highest BCUT2D eigenvalue weighted by molar-refractivity contribution is 5.76. The maximum Gasteiger partial charge on any atom is 0.255 e. The highest BCUT2D eigenvalue weighted by Crippen LogP contribution is 2.31. The van der Waals surface area contributed by atoms with Gasteiger partial charge in [-0.15, -0.1) is 0 Å². The van der Waals surface area contributed by atoms with Crippen molar-refractivity contribution in [2.75, 3.05) is 26.8 Å². The Labute approximate surface area is 169 Å². The fourth-order valence-corrected chi connectivity index (χ4v) is 3.99. The molecule has 1 aliphatic heterocycles. The van der Waals surface area contributed by atoms with Crippen LogP contribution in [0.3, 0.4) is 0 Å². The summed E-state index contributed by atoms with van der Waals surface area (Å²) in [5.74, 6) is 1.09. The minimum Gasteiger partial charge on any atom is -0.493 e. The van der Waals surface area contributed by atoms with Crippen molar-refractivity contribution in [1.29, 1.82) is 0 Å². The summed E-state index contributed by atoms with van der Waals surface area (Å²) in [6.07, 6.45) is 4.15. The van der Waals surface area contributed by atoms with E-state index in [4.69, 9.17) is 15.2 Å². The predicted octanol–water partition coefficient (Wildman–Crippen LogP) is 2.82. The Morgan fingerprint density at radius 2 is 2.21 bits per heavy atom. The molecule has 152 valence electrons. The number of likely N-dealkylation sites (tertiary alicyclic amines) is 1. The monoisotopic (exact) mass is 394 g/mol. The van der Waals surface area contributed by atoms with E-state index in [0.29, 0.717) is 17.4 Å². The maximum absolute atomic E-state index is 10.9. The van der Waals surface area contributed by atoms with Crippen molar-refractivity contribution in [3.63, 3.8) is 0 Å². The molecule has 1 aliphatic rings. The fourth-order valence-electron chi connectivity index (χ4n) is 3.99. The van der Waals surface area contributed by atoms with E-state index in [1.54, 1.807) is 7.11 Å². The molecule has 1 aromatic carbocycles. The van der Waals surface area contributed by atoms with Crippen LogP contribution in [0, 0.1) is 0 Å². The second kappa shape index (κ2) is 8.53. The summed E-state index contributed by atoms with van der Waals surface area (Å²) in [5, 5.41) is 1.16. The van der Waals surface area contributed by atoms with Crippen LogP contribution in [0.2, 0.25) is 0 Å². The van der Waals surface area contributed by atoms with Gasteiger partial charge in [-0.2, -0.15) is 0 Å². The number of hydrogen-bond donors (Lipinski definition) is 2. The number of pyridine rings is 1. The fraction of sp³-hybridized carbons (Fsp3) is 0.364. The molecule has 0 bridgehead atoms. The van der Waals surface area contributed by atoms with Gasteiger partial charge < -0.3 is 20.2 Å². The van der Waals surface area contributed by atoms with Crippen LogP contribution < -0.4 is 15.2 Å². The second-order valence-corrected chi connectivity index (χ2v) is 7.48. The number of piperidine rings is 1. The van der Waals surface area contributed by atoms with Crippen molar-refractivity contribution >= 4 is 16.9 Å². The first-order valence-corrected chi connectivity index (χ1v) is 9.86. The number of rotatable bonds is 7. The first kappa shape index (κ1) is 19.3. The lowest BCUT2D eigenvalue weighted by Crippen LogP contribution is -2.34. The lowest BCUT2D eigenvalue weighted by molar-refractivity contribution is -0.119. The summed E-state index contributed by atoms with van der Waals surface area (Å²) < 4.78 is 10.8. The first-order chi connectivity index (χ1) is 14.1. The Bertz CT molecular complexity index is 968. The van der Waals surface area contributed by atoms with Gasteiger partial charge in [0.05, 0.1) is 7.11 Å². The number of ether oxygens (including phenoxy) is 2. The third kappa shape index (κ3) is 4.51. The number of aromatic nitrogens is 2. The lowest BCUT2D eigenvalue weighted by Gasteiger charge is -2.32. The Balaban J connectivity index is 1.44. The standard InChI is InChI=1S/C22H26N4O3/c1-28-20-10-15(6-7-19(20)29-14-21(23)27)12-26-9-3-5-17(13-26)18-11-16-4-2-8-24-22(16)25-18/h2,4,6-8,10-11,17H,3,5,9,12-14H2,1H3,(H2,23,27)(H,24,25). The van der Waals surface area contributed by atoms with E-state index in [1.165, 1.54) is 12.1 Å². The number of methoxy groups -OCH3 is 1. The zero-order valence-corrected chi connectivity index (χ0v) is 16.6. The van der Waals surface area contributed by atoms with E-state index in [-0.39, 0.29) is 6.61 Å².